The first kappa shape index (κ1) is 14.0. The molecule has 0 unspecified atom stereocenters. The summed E-state index contributed by atoms with van der Waals surface area (Å²) in [4.78, 5) is 7.53. The normalized spacial score (nSPS) is 11.8. The molecule has 0 fully saturated rings. The molecule has 0 atom stereocenters. The molecule has 0 aliphatic carbocycles. The van der Waals surface area contributed by atoms with Gasteiger partial charge in [0, 0.05) is 5.56 Å². The van der Waals surface area contributed by atoms with Crippen molar-refractivity contribution in [1.29, 1.82) is 0 Å². The molecule has 1 heterocycles. The molecular formula is C14H17ClFN3. The summed E-state index contributed by atoms with van der Waals surface area (Å²) in [5.41, 5.74) is 7.28. The summed E-state index contributed by atoms with van der Waals surface area (Å²) < 4.78 is 13.0. The van der Waals surface area contributed by atoms with Crippen LogP contribution in [0.15, 0.2) is 24.4 Å². The van der Waals surface area contributed by atoms with Crippen LogP contribution < -0.4 is 5.73 Å². The van der Waals surface area contributed by atoms with Gasteiger partial charge in [0.15, 0.2) is 0 Å². The summed E-state index contributed by atoms with van der Waals surface area (Å²) in [6, 6.07) is 4.29. The number of nitrogens with two attached hydrogens (primary N) is 1. The number of hydrogen-bond donors (Lipinski definition) is 2. The molecule has 1 aromatic heterocycles. The van der Waals surface area contributed by atoms with E-state index in [-0.39, 0.29) is 5.82 Å². The van der Waals surface area contributed by atoms with Gasteiger partial charge in [-0.05, 0) is 31.0 Å². The minimum Gasteiger partial charge on any atom is -0.340 e. The van der Waals surface area contributed by atoms with Crippen LogP contribution in [0.5, 0.6) is 0 Å². The van der Waals surface area contributed by atoms with Crippen molar-refractivity contribution in [3.8, 4) is 11.3 Å². The topological polar surface area (TPSA) is 54.7 Å². The summed E-state index contributed by atoms with van der Waals surface area (Å²) in [7, 11) is 0. The lowest BCUT2D eigenvalue weighted by molar-refractivity contribution is 0.391. The van der Waals surface area contributed by atoms with Gasteiger partial charge in [0.05, 0.1) is 22.5 Å². The Balaban J connectivity index is 2.41. The van der Waals surface area contributed by atoms with Gasteiger partial charge in [0.25, 0.3) is 0 Å². The van der Waals surface area contributed by atoms with E-state index in [2.05, 4.69) is 9.97 Å². The Kier molecular flexibility index (Phi) is 3.92. The van der Waals surface area contributed by atoms with Crippen molar-refractivity contribution in [2.75, 3.05) is 0 Å². The largest absolute Gasteiger partial charge is 0.340 e. The van der Waals surface area contributed by atoms with Crippen molar-refractivity contribution in [3.63, 3.8) is 0 Å². The van der Waals surface area contributed by atoms with E-state index < -0.39 is 5.54 Å². The van der Waals surface area contributed by atoms with Crippen LogP contribution in [-0.2, 0) is 5.54 Å². The zero-order chi connectivity index (χ0) is 14.0. The average Bonchev–Trinajstić information content (AvgIpc) is 2.88. The van der Waals surface area contributed by atoms with E-state index in [0.717, 1.165) is 29.9 Å². The Morgan fingerprint density at radius 2 is 2.05 bits per heavy atom. The Morgan fingerprint density at radius 1 is 1.37 bits per heavy atom. The minimum atomic E-state index is -0.468. The third kappa shape index (κ3) is 2.65. The maximum Gasteiger partial charge on any atom is 0.126 e. The molecule has 0 spiro atoms. The summed E-state index contributed by atoms with van der Waals surface area (Å²) in [6.07, 6.45) is 3.25. The van der Waals surface area contributed by atoms with Crippen LogP contribution in [0.1, 0.15) is 32.5 Å². The maximum atomic E-state index is 13.0. The van der Waals surface area contributed by atoms with Gasteiger partial charge in [-0.25, -0.2) is 9.37 Å². The summed E-state index contributed by atoms with van der Waals surface area (Å²) in [5, 5.41) is 0.353. The summed E-state index contributed by atoms with van der Waals surface area (Å²) in [5.74, 6) is 0.372. The molecule has 3 N–H and O–H groups in total. The second-order valence-corrected chi connectivity index (χ2v) is 5.04. The molecule has 0 saturated carbocycles. The van der Waals surface area contributed by atoms with Crippen molar-refractivity contribution in [3.05, 3.63) is 41.1 Å². The number of imidazole rings is 1. The van der Waals surface area contributed by atoms with E-state index in [9.17, 15) is 4.39 Å². The highest BCUT2D eigenvalue weighted by atomic mass is 35.5. The zero-order valence-electron chi connectivity index (χ0n) is 11.0. The third-order valence-corrected chi connectivity index (χ3v) is 3.84. The van der Waals surface area contributed by atoms with E-state index in [1.807, 2.05) is 13.8 Å². The smallest absolute Gasteiger partial charge is 0.126 e. The van der Waals surface area contributed by atoms with Crippen molar-refractivity contribution in [2.24, 2.45) is 5.73 Å². The van der Waals surface area contributed by atoms with Crippen LogP contribution in [0.2, 0.25) is 5.02 Å². The van der Waals surface area contributed by atoms with E-state index in [0.29, 0.717) is 5.02 Å². The van der Waals surface area contributed by atoms with Crippen LogP contribution in [0, 0.1) is 5.82 Å². The summed E-state index contributed by atoms with van der Waals surface area (Å²) >= 11 is 6.04. The fourth-order valence-electron chi connectivity index (χ4n) is 2.00. The molecule has 2 aromatic rings. The van der Waals surface area contributed by atoms with E-state index in [1.165, 1.54) is 12.1 Å². The molecule has 0 saturated heterocycles. The Hall–Kier alpha value is -1.39. The van der Waals surface area contributed by atoms with Crippen molar-refractivity contribution in [1.82, 2.24) is 9.97 Å². The molecular weight excluding hydrogens is 265 g/mol. The molecule has 0 radical (unpaired) electrons. The number of benzene rings is 1. The third-order valence-electron chi connectivity index (χ3n) is 3.53. The van der Waals surface area contributed by atoms with Crippen LogP contribution >= 0.6 is 11.6 Å². The van der Waals surface area contributed by atoms with Crippen LogP contribution in [0.3, 0.4) is 0 Å². The van der Waals surface area contributed by atoms with Gasteiger partial charge < -0.3 is 10.7 Å². The van der Waals surface area contributed by atoms with Crippen LogP contribution in [-0.4, -0.2) is 9.97 Å². The molecule has 5 heteroatoms. The predicted octanol–water partition coefficient (Wildman–Crippen LogP) is 3.84. The van der Waals surface area contributed by atoms with Crippen LogP contribution in [0.4, 0.5) is 4.39 Å². The minimum absolute atomic E-state index is 0.353. The van der Waals surface area contributed by atoms with Gasteiger partial charge in [-0.3, -0.25) is 0 Å². The summed E-state index contributed by atoms with van der Waals surface area (Å²) in [6.45, 7) is 4.05. The van der Waals surface area contributed by atoms with Gasteiger partial charge >= 0.3 is 0 Å². The van der Waals surface area contributed by atoms with Crippen molar-refractivity contribution >= 4 is 11.6 Å². The van der Waals surface area contributed by atoms with Crippen molar-refractivity contribution in [2.45, 2.75) is 32.2 Å². The van der Waals surface area contributed by atoms with E-state index in [4.69, 9.17) is 17.3 Å². The highest BCUT2D eigenvalue weighted by molar-refractivity contribution is 6.33. The molecule has 1 aromatic carbocycles. The second kappa shape index (κ2) is 5.31. The lowest BCUT2D eigenvalue weighted by atomic mass is 9.93. The molecule has 2 rings (SSSR count). The van der Waals surface area contributed by atoms with Gasteiger partial charge in [-0.15, -0.1) is 0 Å². The zero-order valence-corrected chi connectivity index (χ0v) is 11.8. The number of aromatic nitrogens is 2. The molecule has 0 aliphatic rings. The highest BCUT2D eigenvalue weighted by Crippen LogP contribution is 2.30. The van der Waals surface area contributed by atoms with Gasteiger partial charge in [-0.1, -0.05) is 25.4 Å². The van der Waals surface area contributed by atoms with Crippen LogP contribution in [0.25, 0.3) is 11.3 Å². The molecule has 0 bridgehead atoms. The van der Waals surface area contributed by atoms with Gasteiger partial charge in [0.1, 0.15) is 11.6 Å². The molecule has 19 heavy (non-hydrogen) atoms. The number of aromatic amines is 1. The predicted molar refractivity (Wildman–Crippen MR) is 75.4 cm³/mol. The van der Waals surface area contributed by atoms with Crippen molar-refractivity contribution < 1.29 is 4.39 Å². The monoisotopic (exact) mass is 281 g/mol. The quantitative estimate of drug-likeness (QED) is 0.894. The van der Waals surface area contributed by atoms with E-state index >= 15 is 0 Å². The standard InChI is InChI=1S/C14H17ClFN3/c1-3-14(17,4-2)13-18-8-12(19-13)10-6-5-9(16)7-11(10)15/h5-8H,3-4,17H2,1-2H3,(H,18,19). The molecule has 102 valence electrons. The number of nitrogens with one attached hydrogen (secondary N) is 1. The number of H-pyrrole nitrogens is 1. The fourth-order valence-corrected chi connectivity index (χ4v) is 2.27. The first-order valence-corrected chi connectivity index (χ1v) is 6.67. The lowest BCUT2D eigenvalue weighted by Gasteiger charge is -2.23. The molecule has 3 nitrogen and oxygen atoms in total. The first-order valence-electron chi connectivity index (χ1n) is 6.30. The second-order valence-electron chi connectivity index (χ2n) is 4.63. The molecule has 0 aliphatic heterocycles. The number of halogens is 2. The average molecular weight is 282 g/mol. The molecule has 0 amide bonds. The fraction of sp³-hybridized carbons (Fsp3) is 0.357. The first-order chi connectivity index (χ1) is 9.00. The number of rotatable bonds is 4. The number of nitrogens with zero attached hydrogens (tertiary/aromatic N) is 1. The van der Waals surface area contributed by atoms with E-state index in [1.54, 1.807) is 12.3 Å². The van der Waals surface area contributed by atoms with Gasteiger partial charge in [0.2, 0.25) is 0 Å². The van der Waals surface area contributed by atoms with Gasteiger partial charge in [-0.2, -0.15) is 0 Å². The Bertz CT molecular complexity index is 576. The lowest BCUT2D eigenvalue weighted by Crippen LogP contribution is -2.36. The Morgan fingerprint density at radius 3 is 2.63 bits per heavy atom. The highest BCUT2D eigenvalue weighted by Gasteiger charge is 2.26. The number of hydrogen-bond acceptors (Lipinski definition) is 2. The SMILES string of the molecule is CCC(N)(CC)c1ncc(-c2ccc(F)cc2Cl)[nH]1. The maximum absolute atomic E-state index is 13.0. The Labute approximate surface area is 117 Å².